The summed E-state index contributed by atoms with van der Waals surface area (Å²) in [4.78, 5) is 12.0. The van der Waals surface area contributed by atoms with Crippen molar-refractivity contribution in [3.8, 4) is 22.8 Å². The van der Waals surface area contributed by atoms with Gasteiger partial charge in [-0.15, -0.1) is 10.2 Å². The molecule has 1 N–H and O–H groups in total. The van der Waals surface area contributed by atoms with Crippen LogP contribution in [-0.4, -0.2) is 39.6 Å². The maximum atomic E-state index is 12.0. The molecule has 0 aliphatic heterocycles. The van der Waals surface area contributed by atoms with E-state index in [4.69, 9.17) is 4.74 Å². The number of hydrogen-bond donors (Lipinski definition) is 1. The monoisotopic (exact) mass is 424 g/mol. The number of para-hydroxylation sites is 2. The summed E-state index contributed by atoms with van der Waals surface area (Å²) in [5, 5.41) is 12.7. The number of carbonyl (C=O) groups excluding carboxylic acids is 1. The molecule has 0 saturated carbocycles. The van der Waals surface area contributed by atoms with Crippen molar-refractivity contribution in [1.29, 1.82) is 0 Å². The average molecular weight is 425 g/mol. The first-order valence-corrected chi connectivity index (χ1v) is 11.2. The van der Waals surface area contributed by atoms with E-state index < -0.39 is 0 Å². The highest BCUT2D eigenvalue weighted by molar-refractivity contribution is 7.99. The van der Waals surface area contributed by atoms with Crippen molar-refractivity contribution in [1.82, 2.24) is 20.1 Å². The zero-order chi connectivity index (χ0) is 21.3. The van der Waals surface area contributed by atoms with E-state index in [0.29, 0.717) is 6.42 Å². The molecule has 0 aliphatic rings. The number of ether oxygens (including phenoxy) is 1. The predicted molar refractivity (Wildman–Crippen MR) is 121 cm³/mol. The molecule has 0 spiro atoms. The Morgan fingerprint density at radius 1 is 1.13 bits per heavy atom. The van der Waals surface area contributed by atoms with Crippen molar-refractivity contribution in [3.63, 3.8) is 0 Å². The summed E-state index contributed by atoms with van der Waals surface area (Å²) in [5.41, 5.74) is 1.87. The molecule has 0 aliphatic carbocycles. The molecule has 30 heavy (non-hydrogen) atoms. The fraction of sp³-hybridized carbons (Fsp3) is 0.348. The smallest absolute Gasteiger partial charge is 0.220 e. The Morgan fingerprint density at radius 2 is 1.87 bits per heavy atom. The maximum Gasteiger partial charge on any atom is 0.220 e. The minimum atomic E-state index is 0.0983. The standard InChI is InChI=1S/C23H28N4O2S/c1-4-17(2)24-21(28)15-10-16-30-23-26-25-22(18-11-6-5-7-12-18)27(23)19-13-8-9-14-20(19)29-3/h5-9,11-14,17H,4,10,15-16H2,1-3H3,(H,24,28). The molecule has 1 aromatic heterocycles. The minimum Gasteiger partial charge on any atom is -0.495 e. The molecule has 1 atom stereocenters. The highest BCUT2D eigenvalue weighted by atomic mass is 32.2. The summed E-state index contributed by atoms with van der Waals surface area (Å²) in [5.74, 6) is 2.39. The van der Waals surface area contributed by atoms with Crippen LogP contribution in [0, 0.1) is 0 Å². The fourth-order valence-corrected chi connectivity index (χ4v) is 3.90. The van der Waals surface area contributed by atoms with E-state index in [9.17, 15) is 4.79 Å². The van der Waals surface area contributed by atoms with Crippen LogP contribution in [0.2, 0.25) is 0 Å². The molecular weight excluding hydrogens is 396 g/mol. The Bertz CT molecular complexity index is 959. The molecule has 1 amide bonds. The van der Waals surface area contributed by atoms with Crippen molar-refractivity contribution in [2.75, 3.05) is 12.9 Å². The maximum absolute atomic E-state index is 12.0. The van der Waals surface area contributed by atoms with Gasteiger partial charge in [0.15, 0.2) is 11.0 Å². The number of methoxy groups -OCH3 is 1. The number of nitrogens with one attached hydrogen (secondary N) is 1. The third-order valence-electron chi connectivity index (χ3n) is 4.79. The SMILES string of the molecule is CCC(C)NC(=O)CCCSc1nnc(-c2ccccc2)n1-c1ccccc1OC. The molecule has 0 radical (unpaired) electrons. The van der Waals surface area contributed by atoms with Crippen LogP contribution in [0.15, 0.2) is 59.8 Å². The van der Waals surface area contributed by atoms with Crippen LogP contribution >= 0.6 is 11.8 Å². The van der Waals surface area contributed by atoms with Gasteiger partial charge in [-0.1, -0.05) is 61.2 Å². The van der Waals surface area contributed by atoms with Gasteiger partial charge >= 0.3 is 0 Å². The van der Waals surface area contributed by atoms with Gasteiger partial charge in [0, 0.05) is 23.8 Å². The van der Waals surface area contributed by atoms with Crippen LogP contribution < -0.4 is 10.1 Å². The molecule has 0 saturated heterocycles. The lowest BCUT2D eigenvalue weighted by Crippen LogP contribution is -2.31. The summed E-state index contributed by atoms with van der Waals surface area (Å²) in [6, 6.07) is 18.0. The van der Waals surface area contributed by atoms with Crippen molar-refractivity contribution >= 4 is 17.7 Å². The van der Waals surface area contributed by atoms with Crippen LogP contribution in [0.4, 0.5) is 0 Å². The van der Waals surface area contributed by atoms with E-state index in [-0.39, 0.29) is 11.9 Å². The lowest BCUT2D eigenvalue weighted by atomic mass is 10.2. The van der Waals surface area contributed by atoms with Gasteiger partial charge in [-0.05, 0) is 31.9 Å². The van der Waals surface area contributed by atoms with Crippen molar-refractivity contribution < 1.29 is 9.53 Å². The largest absolute Gasteiger partial charge is 0.495 e. The van der Waals surface area contributed by atoms with E-state index in [2.05, 4.69) is 22.4 Å². The molecule has 158 valence electrons. The molecule has 7 heteroatoms. The van der Waals surface area contributed by atoms with Crippen LogP contribution in [0.25, 0.3) is 17.1 Å². The van der Waals surface area contributed by atoms with Crippen LogP contribution in [0.1, 0.15) is 33.1 Å². The zero-order valence-corrected chi connectivity index (χ0v) is 18.5. The number of thioether (sulfide) groups is 1. The second-order valence-corrected chi connectivity index (χ2v) is 8.07. The first-order chi connectivity index (χ1) is 14.6. The van der Waals surface area contributed by atoms with Crippen molar-refractivity contribution in [2.24, 2.45) is 0 Å². The number of hydrogen-bond acceptors (Lipinski definition) is 5. The molecule has 0 bridgehead atoms. The van der Waals surface area contributed by atoms with Crippen LogP contribution in [-0.2, 0) is 4.79 Å². The third-order valence-corrected chi connectivity index (χ3v) is 5.81. The normalized spacial score (nSPS) is 11.8. The summed E-state index contributed by atoms with van der Waals surface area (Å²) in [7, 11) is 1.66. The van der Waals surface area contributed by atoms with Gasteiger partial charge in [0.25, 0.3) is 0 Å². The van der Waals surface area contributed by atoms with Gasteiger partial charge in [0.1, 0.15) is 5.75 Å². The Kier molecular flexibility index (Phi) is 7.90. The first-order valence-electron chi connectivity index (χ1n) is 10.2. The molecule has 0 fully saturated rings. The molecule has 1 unspecified atom stereocenters. The topological polar surface area (TPSA) is 69.0 Å². The van der Waals surface area contributed by atoms with Gasteiger partial charge in [0.05, 0.1) is 12.8 Å². The summed E-state index contributed by atoms with van der Waals surface area (Å²) >= 11 is 1.60. The molecule has 3 rings (SSSR count). The summed E-state index contributed by atoms with van der Waals surface area (Å²) in [6.45, 7) is 4.09. The molecule has 1 heterocycles. The van der Waals surface area contributed by atoms with Crippen molar-refractivity contribution in [2.45, 2.75) is 44.3 Å². The molecule has 2 aromatic carbocycles. The van der Waals surface area contributed by atoms with Gasteiger partial charge in [0.2, 0.25) is 5.91 Å². The third kappa shape index (κ3) is 5.42. The average Bonchev–Trinajstić information content (AvgIpc) is 3.20. The summed E-state index contributed by atoms with van der Waals surface area (Å²) in [6.07, 6.45) is 2.21. The van der Waals surface area contributed by atoms with Gasteiger partial charge in [-0.3, -0.25) is 9.36 Å². The zero-order valence-electron chi connectivity index (χ0n) is 17.7. The van der Waals surface area contributed by atoms with Gasteiger partial charge < -0.3 is 10.1 Å². The number of nitrogens with zero attached hydrogens (tertiary/aromatic N) is 3. The second-order valence-electron chi connectivity index (χ2n) is 7.01. The number of amides is 1. The van der Waals surface area contributed by atoms with E-state index >= 15 is 0 Å². The highest BCUT2D eigenvalue weighted by Crippen LogP contribution is 2.32. The fourth-order valence-electron chi connectivity index (χ4n) is 3.01. The van der Waals surface area contributed by atoms with Crippen LogP contribution in [0.5, 0.6) is 5.75 Å². The Hall–Kier alpha value is -2.80. The Labute approximate surface area is 182 Å². The number of aromatic nitrogens is 3. The highest BCUT2D eigenvalue weighted by Gasteiger charge is 2.18. The lowest BCUT2D eigenvalue weighted by molar-refractivity contribution is -0.121. The quantitative estimate of drug-likeness (QED) is 0.376. The number of rotatable bonds is 10. The Balaban J connectivity index is 1.80. The molecule has 6 nitrogen and oxygen atoms in total. The van der Waals surface area contributed by atoms with E-state index in [1.165, 1.54) is 0 Å². The van der Waals surface area contributed by atoms with Gasteiger partial charge in [-0.2, -0.15) is 0 Å². The van der Waals surface area contributed by atoms with E-state index in [1.54, 1.807) is 18.9 Å². The van der Waals surface area contributed by atoms with Gasteiger partial charge in [-0.25, -0.2) is 0 Å². The van der Waals surface area contributed by atoms with Crippen LogP contribution in [0.3, 0.4) is 0 Å². The second kappa shape index (κ2) is 10.8. The van der Waals surface area contributed by atoms with E-state index in [1.807, 2.05) is 66.1 Å². The van der Waals surface area contributed by atoms with Crippen molar-refractivity contribution in [3.05, 3.63) is 54.6 Å². The number of carbonyl (C=O) groups is 1. The molecule has 3 aromatic rings. The number of benzene rings is 2. The Morgan fingerprint density at radius 3 is 2.60 bits per heavy atom. The summed E-state index contributed by atoms with van der Waals surface area (Å²) < 4.78 is 7.61. The lowest BCUT2D eigenvalue weighted by Gasteiger charge is -2.14. The molecular formula is C23H28N4O2S. The predicted octanol–water partition coefficient (Wildman–Crippen LogP) is 4.73. The van der Waals surface area contributed by atoms with E-state index in [0.717, 1.165) is 46.6 Å². The first kappa shape index (κ1) is 21.9. The minimum absolute atomic E-state index is 0.0983.